The number of nitrogens with zero attached hydrogens (tertiary/aromatic N) is 1. The number of imidazole rings is 1. The first-order chi connectivity index (χ1) is 6.65. The molecule has 0 atom stereocenters. The molecule has 0 radical (unpaired) electrons. The third-order valence-corrected chi connectivity index (χ3v) is 8.25. The van der Waals surface area contributed by atoms with E-state index < -0.39 is 7.26 Å². The summed E-state index contributed by atoms with van der Waals surface area (Å²) >= 11 is 0. The van der Waals surface area contributed by atoms with Crippen molar-refractivity contribution in [3.05, 3.63) is 17.7 Å². The molecule has 3 heteroatoms. The molecule has 1 aromatic heterocycles. The van der Waals surface area contributed by atoms with Gasteiger partial charge >= 0.3 is 0 Å². The van der Waals surface area contributed by atoms with Crippen molar-refractivity contribution in [1.29, 1.82) is 0 Å². The fourth-order valence-electron chi connectivity index (χ4n) is 1.87. The summed E-state index contributed by atoms with van der Waals surface area (Å²) in [5, 5.41) is 0. The molecule has 1 N–H and O–H groups in total. The third-order valence-electron chi connectivity index (χ3n) is 3.25. The highest BCUT2D eigenvalue weighted by atomic mass is 31.2. The van der Waals surface area contributed by atoms with Crippen LogP contribution >= 0.6 is 7.26 Å². The van der Waals surface area contributed by atoms with Crippen LogP contribution in [0, 0.1) is 6.92 Å². The lowest BCUT2D eigenvalue weighted by Gasteiger charge is -2.22. The minimum absolute atomic E-state index is 0.741. The van der Waals surface area contributed by atoms with Crippen molar-refractivity contribution in [2.24, 2.45) is 0 Å². The monoisotopic (exact) mass is 213 g/mol. The van der Waals surface area contributed by atoms with E-state index in [1.165, 1.54) is 36.2 Å². The van der Waals surface area contributed by atoms with Gasteiger partial charge in [-0.15, -0.1) is 0 Å². The van der Waals surface area contributed by atoms with E-state index in [4.69, 9.17) is 0 Å². The normalized spacial score (nSPS) is 12.0. The number of hydrogen-bond donors (Lipinski definition) is 1. The van der Waals surface area contributed by atoms with Crippen LogP contribution in [0.15, 0.2) is 6.20 Å². The van der Waals surface area contributed by atoms with Gasteiger partial charge in [-0.25, -0.2) is 4.98 Å². The highest BCUT2D eigenvalue weighted by molar-refractivity contribution is 7.75. The van der Waals surface area contributed by atoms with Crippen molar-refractivity contribution in [2.45, 2.75) is 33.9 Å². The number of hydrogen-bond acceptors (Lipinski definition) is 1. The lowest BCUT2D eigenvalue weighted by atomic mass is 10.6. The van der Waals surface area contributed by atoms with Crippen molar-refractivity contribution in [3.8, 4) is 0 Å². The van der Waals surface area contributed by atoms with Gasteiger partial charge in [-0.3, -0.25) is 0 Å². The van der Waals surface area contributed by atoms with Crippen molar-refractivity contribution in [2.75, 3.05) is 18.5 Å². The summed E-state index contributed by atoms with van der Waals surface area (Å²) < 4.78 is 0. The van der Waals surface area contributed by atoms with Gasteiger partial charge < -0.3 is 4.98 Å². The molecule has 14 heavy (non-hydrogen) atoms. The van der Waals surface area contributed by atoms with Crippen LogP contribution in [-0.4, -0.2) is 28.5 Å². The van der Waals surface area contributed by atoms with E-state index in [0.717, 1.165) is 0 Å². The summed E-state index contributed by atoms with van der Waals surface area (Å²) in [5.41, 5.74) is 1.18. The first-order valence-corrected chi connectivity index (χ1v) is 8.04. The molecule has 0 aliphatic heterocycles. The maximum absolute atomic E-state index is 4.42. The molecule has 1 rings (SSSR count). The highest BCUT2D eigenvalue weighted by Gasteiger charge is 2.32. The molecule has 80 valence electrons. The molecular formula is C11H22N2P+. The lowest BCUT2D eigenvalue weighted by molar-refractivity contribution is 1.07. The smallest absolute Gasteiger partial charge is 0.144 e. The van der Waals surface area contributed by atoms with E-state index in [9.17, 15) is 0 Å². The summed E-state index contributed by atoms with van der Waals surface area (Å²) in [7, 11) is -0.741. The molecule has 0 fully saturated rings. The van der Waals surface area contributed by atoms with Gasteiger partial charge in [0.05, 0.1) is 18.5 Å². The van der Waals surface area contributed by atoms with Crippen LogP contribution in [0.25, 0.3) is 0 Å². The average molecular weight is 213 g/mol. The molecule has 0 aliphatic rings. The van der Waals surface area contributed by atoms with E-state index in [1.807, 2.05) is 6.20 Å². The average Bonchev–Trinajstić information content (AvgIpc) is 2.61. The SMILES string of the molecule is CC[P+](CC)(CC)Cc1ncc(C)[nH]1. The molecule has 0 amide bonds. The molecule has 2 nitrogen and oxygen atoms in total. The van der Waals surface area contributed by atoms with Gasteiger partial charge in [0.2, 0.25) is 0 Å². The Morgan fingerprint density at radius 1 is 1.21 bits per heavy atom. The zero-order valence-corrected chi connectivity index (χ0v) is 10.7. The summed E-state index contributed by atoms with van der Waals surface area (Å²) in [5.74, 6) is 1.20. The predicted molar refractivity (Wildman–Crippen MR) is 65.6 cm³/mol. The Kier molecular flexibility index (Phi) is 4.12. The minimum Gasteiger partial charge on any atom is -0.343 e. The molecule has 0 aliphatic carbocycles. The van der Waals surface area contributed by atoms with Gasteiger partial charge in [-0.05, 0) is 27.7 Å². The number of aryl methyl sites for hydroxylation is 1. The Labute approximate surface area is 87.9 Å². The number of rotatable bonds is 5. The second-order valence-electron chi connectivity index (χ2n) is 3.96. The quantitative estimate of drug-likeness (QED) is 0.747. The molecule has 1 heterocycles. The number of aromatic amines is 1. The van der Waals surface area contributed by atoms with Crippen molar-refractivity contribution < 1.29 is 0 Å². The summed E-state index contributed by atoms with van der Waals surface area (Å²) in [4.78, 5) is 7.77. The Hall–Kier alpha value is -0.360. The summed E-state index contributed by atoms with van der Waals surface area (Å²) in [6.07, 6.45) is 7.18. The zero-order valence-electron chi connectivity index (χ0n) is 9.80. The predicted octanol–water partition coefficient (Wildman–Crippen LogP) is 3.30. The Bertz CT molecular complexity index is 268. The summed E-state index contributed by atoms with van der Waals surface area (Å²) in [6.45, 7) is 9.06. The topological polar surface area (TPSA) is 28.7 Å². The number of nitrogens with one attached hydrogen (secondary N) is 1. The van der Waals surface area contributed by atoms with Crippen LogP contribution < -0.4 is 0 Å². The van der Waals surface area contributed by atoms with Gasteiger partial charge in [-0.1, -0.05) is 0 Å². The van der Waals surface area contributed by atoms with E-state index in [-0.39, 0.29) is 0 Å². The highest BCUT2D eigenvalue weighted by Crippen LogP contribution is 2.60. The molecule has 0 spiro atoms. The number of aromatic nitrogens is 2. The van der Waals surface area contributed by atoms with Gasteiger partial charge in [0, 0.05) is 19.2 Å². The van der Waals surface area contributed by atoms with E-state index in [0.29, 0.717) is 0 Å². The maximum atomic E-state index is 4.42. The van der Waals surface area contributed by atoms with Gasteiger partial charge in [0.15, 0.2) is 0 Å². The standard InChI is InChI=1S/C11H22N2P/c1-5-14(6-2,7-3)9-11-12-8-10(4)13-11/h8H,5-7,9H2,1-4H3,(H,12,13)/q+1. The number of H-pyrrole nitrogens is 1. The van der Waals surface area contributed by atoms with Gasteiger partial charge in [-0.2, -0.15) is 0 Å². The Balaban J connectivity index is 2.73. The first-order valence-electron chi connectivity index (χ1n) is 5.51. The van der Waals surface area contributed by atoms with Crippen molar-refractivity contribution >= 4 is 7.26 Å². The van der Waals surface area contributed by atoms with Crippen LogP contribution in [0.3, 0.4) is 0 Å². The maximum Gasteiger partial charge on any atom is 0.144 e. The Morgan fingerprint density at radius 3 is 2.14 bits per heavy atom. The zero-order chi connectivity index (χ0) is 10.6. The van der Waals surface area contributed by atoms with Crippen LogP contribution in [0.4, 0.5) is 0 Å². The fraction of sp³-hybridized carbons (Fsp3) is 0.727. The van der Waals surface area contributed by atoms with Gasteiger partial charge in [0.25, 0.3) is 0 Å². The molecule has 0 saturated carbocycles. The van der Waals surface area contributed by atoms with Crippen molar-refractivity contribution in [1.82, 2.24) is 9.97 Å². The molecule has 0 unspecified atom stereocenters. The van der Waals surface area contributed by atoms with Crippen LogP contribution in [-0.2, 0) is 6.16 Å². The van der Waals surface area contributed by atoms with E-state index >= 15 is 0 Å². The molecule has 0 aromatic carbocycles. The largest absolute Gasteiger partial charge is 0.343 e. The summed E-state index contributed by atoms with van der Waals surface area (Å²) in [6, 6.07) is 0. The van der Waals surface area contributed by atoms with Crippen LogP contribution in [0.2, 0.25) is 0 Å². The van der Waals surface area contributed by atoms with Crippen LogP contribution in [0.5, 0.6) is 0 Å². The molecule has 0 bridgehead atoms. The van der Waals surface area contributed by atoms with E-state index in [2.05, 4.69) is 37.7 Å². The first kappa shape index (κ1) is 11.7. The molecule has 0 saturated heterocycles. The van der Waals surface area contributed by atoms with Gasteiger partial charge in [0.1, 0.15) is 12.0 Å². The fourth-order valence-corrected chi connectivity index (χ4v) is 4.68. The van der Waals surface area contributed by atoms with Crippen LogP contribution in [0.1, 0.15) is 32.3 Å². The third kappa shape index (κ3) is 2.57. The second kappa shape index (κ2) is 4.93. The Morgan fingerprint density at radius 2 is 1.79 bits per heavy atom. The second-order valence-corrected chi connectivity index (χ2v) is 8.86. The van der Waals surface area contributed by atoms with Crippen molar-refractivity contribution in [3.63, 3.8) is 0 Å². The van der Waals surface area contributed by atoms with E-state index in [1.54, 1.807) is 0 Å². The molecular weight excluding hydrogens is 191 g/mol. The lowest BCUT2D eigenvalue weighted by Crippen LogP contribution is -2.06. The minimum atomic E-state index is -0.741. The molecule has 1 aromatic rings.